The Morgan fingerprint density at radius 1 is 1.26 bits per heavy atom. The van der Waals surface area contributed by atoms with E-state index in [0.717, 1.165) is 18.0 Å². The second-order valence-electron chi connectivity index (χ2n) is 5.72. The molecule has 0 aromatic heterocycles. The van der Waals surface area contributed by atoms with Crippen LogP contribution in [0.2, 0.25) is 0 Å². The Labute approximate surface area is 115 Å². The quantitative estimate of drug-likeness (QED) is 0.855. The lowest BCUT2D eigenvalue weighted by Crippen LogP contribution is -2.33. The van der Waals surface area contributed by atoms with E-state index in [1.807, 2.05) is 30.3 Å². The van der Waals surface area contributed by atoms with Crippen LogP contribution in [0.1, 0.15) is 44.2 Å². The van der Waals surface area contributed by atoms with Crippen molar-refractivity contribution in [3.8, 4) is 0 Å². The molecule has 104 valence electrons. The van der Waals surface area contributed by atoms with Crippen LogP contribution in [0, 0.1) is 11.8 Å². The van der Waals surface area contributed by atoms with Gasteiger partial charge in [0.15, 0.2) is 0 Å². The van der Waals surface area contributed by atoms with Crippen LogP contribution in [0.4, 0.5) is 0 Å². The van der Waals surface area contributed by atoms with Crippen molar-refractivity contribution in [3.05, 3.63) is 35.9 Å². The SMILES string of the molecule is CC1CCC(CN[C@H](C(=O)O)c2ccccc2)CC1. The number of benzene rings is 1. The molecule has 2 rings (SSSR count). The predicted molar refractivity (Wildman–Crippen MR) is 75.9 cm³/mol. The van der Waals surface area contributed by atoms with Gasteiger partial charge in [0.05, 0.1) is 0 Å². The van der Waals surface area contributed by atoms with Crippen LogP contribution >= 0.6 is 0 Å². The van der Waals surface area contributed by atoms with E-state index in [9.17, 15) is 9.90 Å². The molecule has 1 aliphatic carbocycles. The molecule has 1 aromatic carbocycles. The van der Waals surface area contributed by atoms with Gasteiger partial charge in [0.1, 0.15) is 6.04 Å². The van der Waals surface area contributed by atoms with Crippen molar-refractivity contribution in [1.29, 1.82) is 0 Å². The van der Waals surface area contributed by atoms with Gasteiger partial charge in [-0.15, -0.1) is 0 Å². The lowest BCUT2D eigenvalue weighted by molar-refractivity contribution is -0.139. The van der Waals surface area contributed by atoms with Crippen LogP contribution in [-0.2, 0) is 4.79 Å². The van der Waals surface area contributed by atoms with Gasteiger partial charge in [0.25, 0.3) is 0 Å². The highest BCUT2D eigenvalue weighted by Crippen LogP contribution is 2.28. The normalized spacial score (nSPS) is 24.9. The highest BCUT2D eigenvalue weighted by Gasteiger charge is 2.23. The Hall–Kier alpha value is -1.35. The second-order valence-corrected chi connectivity index (χ2v) is 5.72. The number of aliphatic carboxylic acids is 1. The van der Waals surface area contributed by atoms with Gasteiger partial charge in [0.2, 0.25) is 0 Å². The number of nitrogens with one attached hydrogen (secondary N) is 1. The minimum Gasteiger partial charge on any atom is -0.480 e. The summed E-state index contributed by atoms with van der Waals surface area (Å²) in [6.45, 7) is 3.10. The molecule has 0 amide bonds. The maximum Gasteiger partial charge on any atom is 0.325 e. The summed E-state index contributed by atoms with van der Waals surface area (Å²) in [6, 6.07) is 8.83. The molecule has 2 N–H and O–H groups in total. The average molecular weight is 261 g/mol. The maximum atomic E-state index is 11.4. The molecule has 0 bridgehead atoms. The summed E-state index contributed by atoms with van der Waals surface area (Å²) >= 11 is 0. The predicted octanol–water partition coefficient (Wildman–Crippen LogP) is 3.23. The molecule has 1 aliphatic rings. The van der Waals surface area contributed by atoms with Crippen molar-refractivity contribution in [2.45, 2.75) is 38.6 Å². The van der Waals surface area contributed by atoms with Crippen LogP contribution in [0.15, 0.2) is 30.3 Å². The molecule has 0 heterocycles. The highest BCUT2D eigenvalue weighted by molar-refractivity contribution is 5.75. The fourth-order valence-electron chi connectivity index (χ4n) is 2.81. The summed E-state index contributed by atoms with van der Waals surface area (Å²) in [4.78, 5) is 11.4. The van der Waals surface area contributed by atoms with Gasteiger partial charge in [-0.05, 0) is 36.8 Å². The first-order valence-electron chi connectivity index (χ1n) is 7.18. The third-order valence-corrected chi connectivity index (χ3v) is 4.13. The van der Waals surface area contributed by atoms with E-state index >= 15 is 0 Å². The van der Waals surface area contributed by atoms with Gasteiger partial charge in [-0.1, -0.05) is 50.1 Å². The Morgan fingerprint density at radius 2 is 1.89 bits per heavy atom. The standard InChI is InChI=1S/C16H23NO2/c1-12-7-9-13(10-8-12)11-17-15(16(18)19)14-5-3-2-4-6-14/h2-6,12-13,15,17H,7-11H2,1H3,(H,18,19)/t12?,13?,15-/m0/s1. The first-order chi connectivity index (χ1) is 9.16. The summed E-state index contributed by atoms with van der Waals surface area (Å²) in [5, 5.41) is 12.6. The molecule has 0 radical (unpaired) electrons. The summed E-state index contributed by atoms with van der Waals surface area (Å²) < 4.78 is 0. The Bertz CT molecular complexity index is 396. The third kappa shape index (κ3) is 4.06. The van der Waals surface area contributed by atoms with Crippen molar-refractivity contribution in [2.24, 2.45) is 11.8 Å². The van der Waals surface area contributed by atoms with Gasteiger partial charge in [-0.25, -0.2) is 0 Å². The number of carbonyl (C=O) groups is 1. The van der Waals surface area contributed by atoms with E-state index in [1.165, 1.54) is 25.7 Å². The van der Waals surface area contributed by atoms with Gasteiger partial charge < -0.3 is 10.4 Å². The average Bonchev–Trinajstić information content (AvgIpc) is 2.42. The van der Waals surface area contributed by atoms with Crippen LogP contribution in [0.5, 0.6) is 0 Å². The number of carboxylic acid groups (broad SMARTS) is 1. The van der Waals surface area contributed by atoms with Crippen LogP contribution in [0.25, 0.3) is 0 Å². The Kier molecular flexibility index (Phi) is 4.97. The molecular formula is C16H23NO2. The Morgan fingerprint density at radius 3 is 2.47 bits per heavy atom. The van der Waals surface area contributed by atoms with Gasteiger partial charge in [-0.2, -0.15) is 0 Å². The second kappa shape index (κ2) is 6.71. The molecule has 0 aliphatic heterocycles. The minimum atomic E-state index is -0.796. The summed E-state index contributed by atoms with van der Waals surface area (Å²) in [6.07, 6.45) is 4.98. The van der Waals surface area contributed by atoms with Gasteiger partial charge >= 0.3 is 5.97 Å². The highest BCUT2D eigenvalue weighted by atomic mass is 16.4. The van der Waals surface area contributed by atoms with Gasteiger partial charge in [-0.3, -0.25) is 4.79 Å². The first-order valence-corrected chi connectivity index (χ1v) is 7.18. The van der Waals surface area contributed by atoms with Crippen LogP contribution < -0.4 is 5.32 Å². The Balaban J connectivity index is 1.90. The zero-order valence-corrected chi connectivity index (χ0v) is 11.5. The molecule has 1 atom stereocenters. The van der Waals surface area contributed by atoms with E-state index in [4.69, 9.17) is 0 Å². The smallest absolute Gasteiger partial charge is 0.325 e. The molecular weight excluding hydrogens is 238 g/mol. The van der Waals surface area contributed by atoms with E-state index in [2.05, 4.69) is 12.2 Å². The van der Waals surface area contributed by atoms with Crippen molar-refractivity contribution in [2.75, 3.05) is 6.54 Å². The third-order valence-electron chi connectivity index (χ3n) is 4.13. The summed E-state index contributed by atoms with van der Waals surface area (Å²) in [7, 11) is 0. The van der Waals surface area contributed by atoms with Crippen LogP contribution in [0.3, 0.4) is 0 Å². The molecule has 1 fully saturated rings. The van der Waals surface area contributed by atoms with Crippen molar-refractivity contribution < 1.29 is 9.90 Å². The molecule has 1 aromatic rings. The fraction of sp³-hybridized carbons (Fsp3) is 0.562. The molecule has 3 nitrogen and oxygen atoms in total. The number of hydrogen-bond donors (Lipinski definition) is 2. The zero-order valence-electron chi connectivity index (χ0n) is 11.5. The van der Waals surface area contributed by atoms with E-state index < -0.39 is 12.0 Å². The van der Waals surface area contributed by atoms with Crippen molar-refractivity contribution >= 4 is 5.97 Å². The summed E-state index contributed by atoms with van der Waals surface area (Å²) in [5.41, 5.74) is 0.833. The zero-order chi connectivity index (χ0) is 13.7. The van der Waals surface area contributed by atoms with Crippen molar-refractivity contribution in [3.63, 3.8) is 0 Å². The van der Waals surface area contributed by atoms with E-state index in [-0.39, 0.29) is 0 Å². The fourth-order valence-corrected chi connectivity index (χ4v) is 2.81. The summed E-state index contributed by atoms with van der Waals surface area (Å²) in [5.74, 6) is 0.665. The van der Waals surface area contributed by atoms with E-state index in [0.29, 0.717) is 5.92 Å². The lowest BCUT2D eigenvalue weighted by atomic mass is 9.83. The molecule has 0 unspecified atom stereocenters. The molecule has 1 saturated carbocycles. The molecule has 3 heteroatoms. The van der Waals surface area contributed by atoms with Crippen LogP contribution in [-0.4, -0.2) is 17.6 Å². The van der Waals surface area contributed by atoms with Crippen molar-refractivity contribution in [1.82, 2.24) is 5.32 Å². The lowest BCUT2D eigenvalue weighted by Gasteiger charge is -2.27. The molecule has 0 spiro atoms. The van der Waals surface area contributed by atoms with Gasteiger partial charge in [0, 0.05) is 0 Å². The topological polar surface area (TPSA) is 49.3 Å². The molecule has 0 saturated heterocycles. The van der Waals surface area contributed by atoms with E-state index in [1.54, 1.807) is 0 Å². The number of hydrogen-bond acceptors (Lipinski definition) is 2. The number of carboxylic acids is 1. The first kappa shape index (κ1) is 14.1. The largest absolute Gasteiger partial charge is 0.480 e. The monoisotopic (exact) mass is 261 g/mol. The maximum absolute atomic E-state index is 11.4. The molecule has 19 heavy (non-hydrogen) atoms. The number of rotatable bonds is 5. The minimum absolute atomic E-state index is 0.583.